The molecule has 260 valence electrons. The normalized spacial score (nSPS) is 17.8. The number of benzene rings is 1. The number of hydrogen-bond acceptors (Lipinski definition) is 12. The lowest BCUT2D eigenvalue weighted by Crippen LogP contribution is -2.71. The van der Waals surface area contributed by atoms with Crippen molar-refractivity contribution in [2.75, 3.05) is 17.2 Å². The van der Waals surface area contributed by atoms with Crippen LogP contribution in [0.5, 0.6) is 0 Å². The lowest BCUT2D eigenvalue weighted by atomic mass is 10.0. The molecule has 1 fully saturated rings. The predicted octanol–water partition coefficient (Wildman–Crippen LogP) is 2.45. The summed E-state index contributed by atoms with van der Waals surface area (Å²) >= 11 is 3.61. The number of thioether (sulfide) groups is 2. The van der Waals surface area contributed by atoms with E-state index in [0.717, 1.165) is 32.3 Å². The number of amides is 2. The summed E-state index contributed by atoms with van der Waals surface area (Å²) in [6.45, 7) is 4.29. The minimum Gasteiger partial charge on any atom is -0.478 e. The fourth-order valence-electron chi connectivity index (χ4n) is 5.23. The zero-order chi connectivity index (χ0) is 36.1. The van der Waals surface area contributed by atoms with Gasteiger partial charge in [-0.1, -0.05) is 5.16 Å². The number of oxime groups is 1. The quantitative estimate of drug-likeness (QED) is 0.0575. The number of carboxylic acid groups (broad SMARTS) is 2. The molecule has 0 bridgehead atoms. The molecule has 15 nitrogen and oxygen atoms in total. The van der Waals surface area contributed by atoms with E-state index in [1.807, 2.05) is 30.8 Å². The maximum absolute atomic E-state index is 15.4. The van der Waals surface area contributed by atoms with Gasteiger partial charge >= 0.3 is 11.9 Å². The minimum atomic E-state index is -1.79. The Balaban J connectivity index is 1.22. The van der Waals surface area contributed by atoms with Gasteiger partial charge in [-0.25, -0.2) is 28.5 Å². The predicted molar refractivity (Wildman–Crippen MR) is 183 cm³/mol. The average Bonchev–Trinajstić information content (AvgIpc) is 3.70. The van der Waals surface area contributed by atoms with Crippen molar-refractivity contribution in [1.29, 1.82) is 0 Å². The van der Waals surface area contributed by atoms with E-state index in [1.165, 1.54) is 48.8 Å². The summed E-state index contributed by atoms with van der Waals surface area (Å²) in [7, 11) is 1.84. The Morgan fingerprint density at radius 2 is 2.06 bits per heavy atom. The number of pyridine rings is 1. The highest BCUT2D eigenvalue weighted by molar-refractivity contribution is 8.01. The third-order valence-corrected chi connectivity index (χ3v) is 11.1. The molecule has 2 atom stereocenters. The number of carbonyl (C=O) groups excluding carboxylic acids is 2. The maximum Gasteiger partial charge on any atom is 0.352 e. The summed E-state index contributed by atoms with van der Waals surface area (Å²) < 4.78 is 18.8. The van der Waals surface area contributed by atoms with E-state index in [2.05, 4.69) is 20.4 Å². The van der Waals surface area contributed by atoms with Crippen LogP contribution in [0.3, 0.4) is 0 Å². The summed E-state index contributed by atoms with van der Waals surface area (Å²) in [5.74, 6) is -4.18. The molecule has 6 rings (SSSR count). The Hall–Kier alpha value is -5.01. The molecule has 19 heteroatoms. The zero-order valence-electron chi connectivity index (χ0n) is 26.9. The summed E-state index contributed by atoms with van der Waals surface area (Å²) in [6, 6.07) is 3.88. The van der Waals surface area contributed by atoms with Crippen LogP contribution in [0.1, 0.15) is 25.2 Å². The van der Waals surface area contributed by atoms with Crippen LogP contribution in [-0.4, -0.2) is 87.6 Å². The van der Waals surface area contributed by atoms with Crippen molar-refractivity contribution < 1.29 is 43.2 Å². The molecule has 3 aromatic heterocycles. The molecular formula is C31H30FN8O7S3+. The second-order valence-electron chi connectivity index (χ2n) is 11.9. The first-order valence-electron chi connectivity index (χ1n) is 14.8. The van der Waals surface area contributed by atoms with E-state index in [4.69, 9.17) is 10.6 Å². The largest absolute Gasteiger partial charge is 0.478 e. The van der Waals surface area contributed by atoms with E-state index in [9.17, 15) is 29.4 Å². The number of thiazole rings is 1. The molecule has 0 saturated carbocycles. The van der Waals surface area contributed by atoms with E-state index in [0.29, 0.717) is 16.6 Å². The SMILES string of the molecule is Cc1cn(-c2cc3c(cc2F)c(SCC2=C(C(=O)O)N4C(=O)C(NC(=O)/C(=N\OC(C)(C)C(=O)O)c5csc(N)n5)C4SC2)cc[n+]3C)cn1. The van der Waals surface area contributed by atoms with E-state index >= 15 is 4.39 Å². The summed E-state index contributed by atoms with van der Waals surface area (Å²) in [6.07, 6.45) is 5.10. The number of aryl methyl sites for hydroxylation is 2. The van der Waals surface area contributed by atoms with Crippen molar-refractivity contribution in [3.8, 4) is 5.69 Å². The van der Waals surface area contributed by atoms with E-state index in [1.54, 1.807) is 23.2 Å². The van der Waals surface area contributed by atoms with Gasteiger partial charge in [0.2, 0.25) is 11.1 Å². The van der Waals surface area contributed by atoms with Crippen LogP contribution in [-0.2, 0) is 31.1 Å². The molecule has 0 spiro atoms. The number of halogens is 1. The molecule has 0 aliphatic carbocycles. The first-order chi connectivity index (χ1) is 23.7. The maximum atomic E-state index is 15.4. The molecule has 2 aliphatic rings. The molecule has 2 amide bonds. The molecule has 5 heterocycles. The van der Waals surface area contributed by atoms with Crippen LogP contribution in [0.4, 0.5) is 9.52 Å². The number of fused-ring (bicyclic) bond motifs is 2. The molecule has 1 aromatic carbocycles. The monoisotopic (exact) mass is 741 g/mol. The molecular weight excluding hydrogens is 712 g/mol. The third kappa shape index (κ3) is 6.50. The van der Waals surface area contributed by atoms with Crippen molar-refractivity contribution in [2.24, 2.45) is 12.2 Å². The fraction of sp³-hybridized carbons (Fsp3) is 0.290. The van der Waals surface area contributed by atoms with Crippen molar-refractivity contribution >= 4 is 80.4 Å². The molecule has 5 N–H and O–H groups in total. The molecule has 0 radical (unpaired) electrons. The number of nitrogens with zero attached hydrogens (tertiary/aromatic N) is 6. The van der Waals surface area contributed by atoms with Crippen LogP contribution in [0.25, 0.3) is 16.6 Å². The van der Waals surface area contributed by atoms with E-state index < -0.39 is 52.3 Å². The average molecular weight is 742 g/mol. The summed E-state index contributed by atoms with van der Waals surface area (Å²) in [5.41, 5.74) is 5.67. The molecule has 4 aromatic rings. The van der Waals surface area contributed by atoms with Gasteiger partial charge in [0.05, 0.1) is 23.1 Å². The Morgan fingerprint density at radius 3 is 2.70 bits per heavy atom. The fourth-order valence-corrected chi connectivity index (χ4v) is 8.30. The number of aliphatic carboxylic acids is 2. The van der Waals surface area contributed by atoms with Crippen molar-refractivity contribution in [2.45, 2.75) is 42.7 Å². The third-order valence-electron chi connectivity index (χ3n) is 7.95. The van der Waals surface area contributed by atoms with Crippen molar-refractivity contribution in [3.05, 3.63) is 70.8 Å². The number of imidazole rings is 1. The number of nitrogens with one attached hydrogen (secondary N) is 1. The number of carboxylic acids is 2. The van der Waals surface area contributed by atoms with Gasteiger partial charge in [0, 0.05) is 40.1 Å². The molecule has 1 saturated heterocycles. The number of aromatic nitrogens is 4. The minimum absolute atomic E-state index is 0.00602. The van der Waals surface area contributed by atoms with Gasteiger partial charge in [-0.05, 0) is 32.4 Å². The Kier molecular flexibility index (Phi) is 9.31. The highest BCUT2D eigenvalue weighted by atomic mass is 32.2. The van der Waals surface area contributed by atoms with Gasteiger partial charge in [-0.15, -0.1) is 34.9 Å². The van der Waals surface area contributed by atoms with Crippen molar-refractivity contribution in [3.63, 3.8) is 0 Å². The van der Waals surface area contributed by atoms with Gasteiger partial charge < -0.3 is 30.7 Å². The van der Waals surface area contributed by atoms with E-state index in [-0.39, 0.29) is 28.0 Å². The lowest BCUT2D eigenvalue weighted by Gasteiger charge is -2.49. The summed E-state index contributed by atoms with van der Waals surface area (Å²) in [4.78, 5) is 66.0. The number of nitrogens with two attached hydrogens (primary N) is 1. The number of anilines is 1. The van der Waals surface area contributed by atoms with Gasteiger partial charge in [-0.3, -0.25) is 14.5 Å². The van der Waals surface area contributed by atoms with Gasteiger partial charge in [0.25, 0.3) is 11.8 Å². The lowest BCUT2D eigenvalue weighted by molar-refractivity contribution is -0.645. The first-order valence-corrected chi connectivity index (χ1v) is 17.7. The van der Waals surface area contributed by atoms with Gasteiger partial charge in [-0.2, -0.15) is 0 Å². The van der Waals surface area contributed by atoms with Crippen LogP contribution in [0.15, 0.2) is 63.6 Å². The smallest absolute Gasteiger partial charge is 0.352 e. The second kappa shape index (κ2) is 13.4. The number of carbonyl (C=O) groups is 4. The second-order valence-corrected chi connectivity index (χ2v) is 14.9. The standard InChI is InChI=1S/C31H29FN8O7S3/c1-14-9-39(13-34-14)20-8-19-16(7-17(20)32)21(5-6-38(19)4)48-10-15-11-49-27-23(26(42)40(27)24(15)28(43)44)36-25(41)22(18-12-50-30(33)35-18)37-47-31(2,3)29(45)46/h5-9,12-13,23,27H,10-11H2,1-4H3,(H4-,33,35,36,41,43,44,45,46)/p+1/b37-22-. The van der Waals surface area contributed by atoms with Crippen LogP contribution in [0.2, 0.25) is 0 Å². The number of β-lactam (4-membered cyclic amide) rings is 1. The topological polar surface area (TPSA) is 206 Å². The zero-order valence-corrected chi connectivity index (χ0v) is 29.4. The number of rotatable bonds is 11. The summed E-state index contributed by atoms with van der Waals surface area (Å²) in [5, 5.41) is 27.3. The Morgan fingerprint density at radius 1 is 1.30 bits per heavy atom. The molecule has 2 aliphatic heterocycles. The van der Waals surface area contributed by atoms with Crippen LogP contribution < -0.4 is 15.6 Å². The van der Waals surface area contributed by atoms with Crippen LogP contribution in [0, 0.1) is 12.7 Å². The first kappa shape index (κ1) is 34.8. The highest BCUT2D eigenvalue weighted by Crippen LogP contribution is 2.42. The Labute approximate surface area is 296 Å². The molecule has 2 unspecified atom stereocenters. The van der Waals surface area contributed by atoms with Gasteiger partial charge in [0.15, 0.2) is 17.0 Å². The molecule has 50 heavy (non-hydrogen) atoms. The number of hydrogen-bond donors (Lipinski definition) is 4. The van der Waals surface area contributed by atoms with Crippen LogP contribution >= 0.6 is 34.9 Å². The van der Waals surface area contributed by atoms with Crippen molar-refractivity contribution in [1.82, 2.24) is 24.8 Å². The Bertz CT molecular complexity index is 2150. The van der Waals surface area contributed by atoms with Gasteiger partial charge in [0.1, 0.15) is 35.7 Å². The number of nitrogen functional groups attached to an aromatic ring is 1. The highest BCUT2D eigenvalue weighted by Gasteiger charge is 2.54.